The smallest absolute Gasteiger partial charge is 0.345 e. The molecule has 0 radical (unpaired) electrons. The average Bonchev–Trinajstić information content (AvgIpc) is 3.32. The van der Waals surface area contributed by atoms with E-state index in [1.165, 1.54) is 0 Å². The van der Waals surface area contributed by atoms with Crippen LogP contribution in [0.1, 0.15) is 52.1 Å². The van der Waals surface area contributed by atoms with Crippen molar-refractivity contribution in [3.63, 3.8) is 0 Å². The molecular formula is C25H22F3N3O. The van der Waals surface area contributed by atoms with Gasteiger partial charge in [-0.1, -0.05) is 18.2 Å². The van der Waals surface area contributed by atoms with Gasteiger partial charge in [0.05, 0.1) is 23.3 Å². The van der Waals surface area contributed by atoms with Gasteiger partial charge in [0.15, 0.2) is 0 Å². The first-order chi connectivity index (χ1) is 15.4. The van der Waals surface area contributed by atoms with Crippen LogP contribution in [0.3, 0.4) is 0 Å². The zero-order valence-corrected chi connectivity index (χ0v) is 17.4. The standard InChI is InChI=1S/C25H22F3N3O/c1-2-7-17-14-22(24(32)30-15-19-10-5-6-11-29-19)31-23-20(17)12-18(16-8-3-4-9-16)13-21(23)25(26,27)28/h2,5-6,8,10-14H,1,3-4,7,9,15H2,(H,30,32). The molecule has 3 aromatic rings. The molecule has 1 aromatic carbocycles. The number of amides is 1. The van der Waals surface area contributed by atoms with Crippen LogP contribution in [0.25, 0.3) is 16.5 Å². The van der Waals surface area contributed by atoms with E-state index in [-0.39, 0.29) is 17.8 Å². The molecule has 0 bridgehead atoms. The summed E-state index contributed by atoms with van der Waals surface area (Å²) in [6.07, 6.45) is 3.46. The molecule has 4 nitrogen and oxygen atoms in total. The Hall–Kier alpha value is -3.48. The van der Waals surface area contributed by atoms with Crippen molar-refractivity contribution in [2.24, 2.45) is 0 Å². The number of pyridine rings is 2. The van der Waals surface area contributed by atoms with Gasteiger partial charge in [0.25, 0.3) is 5.91 Å². The number of nitrogens with zero attached hydrogens (tertiary/aromatic N) is 2. The van der Waals surface area contributed by atoms with Crippen LogP contribution in [0, 0.1) is 0 Å². The van der Waals surface area contributed by atoms with E-state index in [1.807, 2.05) is 6.08 Å². The van der Waals surface area contributed by atoms with Crippen molar-refractivity contribution in [3.8, 4) is 0 Å². The fourth-order valence-electron chi connectivity index (χ4n) is 3.93. The maximum atomic E-state index is 14.0. The number of carbonyl (C=O) groups is 1. The van der Waals surface area contributed by atoms with E-state index < -0.39 is 17.6 Å². The molecular weight excluding hydrogens is 415 g/mol. The lowest BCUT2D eigenvalue weighted by molar-refractivity contribution is -0.136. The first-order valence-corrected chi connectivity index (χ1v) is 10.4. The Morgan fingerprint density at radius 3 is 2.72 bits per heavy atom. The number of aromatic nitrogens is 2. The van der Waals surface area contributed by atoms with Crippen molar-refractivity contribution in [1.82, 2.24) is 15.3 Å². The minimum Gasteiger partial charge on any atom is -0.345 e. The van der Waals surface area contributed by atoms with Gasteiger partial charge in [0.1, 0.15) is 5.69 Å². The lowest BCUT2D eigenvalue weighted by Crippen LogP contribution is -2.24. The van der Waals surface area contributed by atoms with Crippen molar-refractivity contribution >= 4 is 22.4 Å². The second-order valence-electron chi connectivity index (χ2n) is 7.70. The van der Waals surface area contributed by atoms with E-state index in [2.05, 4.69) is 21.9 Å². The number of halogens is 3. The largest absolute Gasteiger partial charge is 0.418 e. The van der Waals surface area contributed by atoms with Gasteiger partial charge in [-0.25, -0.2) is 4.98 Å². The summed E-state index contributed by atoms with van der Waals surface area (Å²) in [5.74, 6) is -0.557. The second kappa shape index (κ2) is 8.94. The highest BCUT2D eigenvalue weighted by Crippen LogP contribution is 2.39. The number of hydrogen-bond acceptors (Lipinski definition) is 3. The molecule has 1 N–H and O–H groups in total. The lowest BCUT2D eigenvalue weighted by atomic mass is 9.95. The van der Waals surface area contributed by atoms with Crippen LogP contribution in [0.5, 0.6) is 0 Å². The Kier molecular flexibility index (Phi) is 6.08. The van der Waals surface area contributed by atoms with Crippen molar-refractivity contribution in [2.45, 2.75) is 38.4 Å². The molecule has 1 aliphatic carbocycles. The van der Waals surface area contributed by atoms with Gasteiger partial charge in [-0.3, -0.25) is 9.78 Å². The van der Waals surface area contributed by atoms with Crippen LogP contribution in [-0.4, -0.2) is 15.9 Å². The summed E-state index contributed by atoms with van der Waals surface area (Å²) >= 11 is 0. The van der Waals surface area contributed by atoms with Crippen molar-refractivity contribution in [1.29, 1.82) is 0 Å². The first-order valence-electron chi connectivity index (χ1n) is 10.4. The van der Waals surface area contributed by atoms with Crippen LogP contribution < -0.4 is 5.32 Å². The number of fused-ring (bicyclic) bond motifs is 1. The normalized spacial score (nSPS) is 13.8. The van der Waals surface area contributed by atoms with E-state index in [0.29, 0.717) is 28.6 Å². The maximum absolute atomic E-state index is 14.0. The van der Waals surface area contributed by atoms with Gasteiger partial charge in [-0.2, -0.15) is 13.2 Å². The van der Waals surface area contributed by atoms with Crippen molar-refractivity contribution < 1.29 is 18.0 Å². The van der Waals surface area contributed by atoms with Gasteiger partial charge in [-0.05, 0) is 72.7 Å². The van der Waals surface area contributed by atoms with E-state index in [0.717, 1.165) is 30.9 Å². The highest BCUT2D eigenvalue weighted by atomic mass is 19.4. The average molecular weight is 437 g/mol. The van der Waals surface area contributed by atoms with Crippen molar-refractivity contribution in [2.75, 3.05) is 0 Å². The maximum Gasteiger partial charge on any atom is 0.418 e. The predicted octanol–water partition coefficient (Wildman–Crippen LogP) is 5.87. The highest BCUT2D eigenvalue weighted by Gasteiger charge is 2.35. The summed E-state index contributed by atoms with van der Waals surface area (Å²) in [4.78, 5) is 21.0. The van der Waals surface area contributed by atoms with Crippen LogP contribution in [0.2, 0.25) is 0 Å². The van der Waals surface area contributed by atoms with Crippen LogP contribution in [0.4, 0.5) is 13.2 Å². The quantitative estimate of drug-likeness (QED) is 0.491. The molecule has 0 atom stereocenters. The molecule has 0 fully saturated rings. The zero-order chi connectivity index (χ0) is 22.7. The molecule has 7 heteroatoms. The van der Waals surface area contributed by atoms with E-state index in [1.54, 1.807) is 42.6 Å². The SMILES string of the molecule is C=CCc1cc(C(=O)NCc2ccccn2)nc2c(C(F)(F)F)cc(C3=CCCC3)cc12. The van der Waals surface area contributed by atoms with Gasteiger partial charge >= 0.3 is 6.18 Å². The topological polar surface area (TPSA) is 54.9 Å². The second-order valence-corrected chi connectivity index (χ2v) is 7.70. The molecule has 0 saturated carbocycles. The molecule has 2 aromatic heterocycles. The van der Waals surface area contributed by atoms with Crippen LogP contribution in [0.15, 0.2) is 61.3 Å². The Bertz CT molecular complexity index is 1200. The fourth-order valence-corrected chi connectivity index (χ4v) is 3.93. The van der Waals surface area contributed by atoms with Gasteiger partial charge in [0, 0.05) is 11.6 Å². The van der Waals surface area contributed by atoms with E-state index in [9.17, 15) is 18.0 Å². The molecule has 1 amide bonds. The molecule has 0 aliphatic heterocycles. The molecule has 0 saturated heterocycles. The monoisotopic (exact) mass is 437 g/mol. The summed E-state index contributed by atoms with van der Waals surface area (Å²) in [6.45, 7) is 3.87. The third-order valence-corrected chi connectivity index (χ3v) is 5.47. The zero-order valence-electron chi connectivity index (χ0n) is 17.4. The summed E-state index contributed by atoms with van der Waals surface area (Å²) in [7, 11) is 0. The molecule has 2 heterocycles. The summed E-state index contributed by atoms with van der Waals surface area (Å²) in [6, 6.07) is 9.75. The van der Waals surface area contributed by atoms with Gasteiger partial charge < -0.3 is 5.32 Å². The molecule has 164 valence electrons. The third kappa shape index (κ3) is 4.56. The molecule has 1 aliphatic rings. The highest BCUT2D eigenvalue weighted by molar-refractivity contribution is 5.97. The molecule has 32 heavy (non-hydrogen) atoms. The summed E-state index contributed by atoms with van der Waals surface area (Å²) < 4.78 is 42.0. The van der Waals surface area contributed by atoms with E-state index >= 15 is 0 Å². The van der Waals surface area contributed by atoms with Crippen LogP contribution in [-0.2, 0) is 19.1 Å². The number of nitrogens with one attached hydrogen (secondary N) is 1. The van der Waals surface area contributed by atoms with Gasteiger partial charge in [0.2, 0.25) is 0 Å². The van der Waals surface area contributed by atoms with Crippen LogP contribution >= 0.6 is 0 Å². The Labute approximate surface area is 183 Å². The Morgan fingerprint density at radius 2 is 2.06 bits per heavy atom. The number of benzene rings is 1. The molecule has 0 spiro atoms. The summed E-state index contributed by atoms with van der Waals surface area (Å²) in [5, 5.41) is 3.08. The minimum absolute atomic E-state index is 0.0661. The third-order valence-electron chi connectivity index (χ3n) is 5.47. The Morgan fingerprint density at radius 1 is 1.22 bits per heavy atom. The number of carbonyl (C=O) groups excluding carboxylic acids is 1. The minimum atomic E-state index is -4.60. The first kappa shape index (κ1) is 21.7. The lowest BCUT2D eigenvalue weighted by Gasteiger charge is -2.16. The Balaban J connectivity index is 1.81. The molecule has 0 unspecified atom stereocenters. The van der Waals surface area contributed by atoms with Crippen molar-refractivity contribution in [3.05, 3.63) is 89.4 Å². The molecule has 4 rings (SSSR count). The van der Waals surface area contributed by atoms with E-state index in [4.69, 9.17) is 0 Å². The summed E-state index contributed by atoms with van der Waals surface area (Å²) in [5.41, 5.74) is 1.58. The predicted molar refractivity (Wildman–Crippen MR) is 118 cm³/mol. The number of rotatable bonds is 6. The number of alkyl halides is 3. The number of hydrogen-bond donors (Lipinski definition) is 1. The number of allylic oxidation sites excluding steroid dienone is 3. The fraction of sp³-hybridized carbons (Fsp3) is 0.240. The van der Waals surface area contributed by atoms with Gasteiger partial charge in [-0.15, -0.1) is 6.58 Å².